The van der Waals surface area contributed by atoms with Crippen LogP contribution in [0.4, 0.5) is 5.69 Å². The van der Waals surface area contributed by atoms with Gasteiger partial charge < -0.3 is 16.6 Å². The molecule has 1 aromatic carbocycles. The van der Waals surface area contributed by atoms with Crippen LogP contribution in [0.3, 0.4) is 0 Å². The van der Waals surface area contributed by atoms with Crippen molar-refractivity contribution in [1.82, 2.24) is 0 Å². The Kier molecular flexibility index (Phi) is 5.19. The van der Waals surface area contributed by atoms with Crippen LogP contribution in [0.15, 0.2) is 34.3 Å². The fourth-order valence-electron chi connectivity index (χ4n) is 3.70. The number of hydrogen-bond donors (Lipinski definition) is 3. The molecular formula is C17H25N5O3S. The SMILES string of the molecule is NC1=NC2(CCCCC2)N(c2ccc(CS(=O)(=O)CCO)cc2)C(N)=N1. The summed E-state index contributed by atoms with van der Waals surface area (Å²) in [6.45, 7) is -0.372. The first-order valence-corrected chi connectivity index (χ1v) is 10.6. The Morgan fingerprint density at radius 2 is 1.77 bits per heavy atom. The van der Waals surface area contributed by atoms with Crippen LogP contribution in [0, 0.1) is 0 Å². The second-order valence-electron chi connectivity index (χ2n) is 6.80. The Labute approximate surface area is 153 Å². The Hall–Kier alpha value is -2.13. The quantitative estimate of drug-likeness (QED) is 0.689. The summed E-state index contributed by atoms with van der Waals surface area (Å²) in [4.78, 5) is 10.6. The van der Waals surface area contributed by atoms with Crippen molar-refractivity contribution in [3.8, 4) is 0 Å². The van der Waals surface area contributed by atoms with E-state index in [1.165, 1.54) is 0 Å². The number of aliphatic hydroxyl groups is 1. The Morgan fingerprint density at radius 3 is 2.38 bits per heavy atom. The lowest BCUT2D eigenvalue weighted by atomic mass is 9.87. The number of nitrogens with zero attached hydrogens (tertiary/aromatic N) is 3. The van der Waals surface area contributed by atoms with E-state index in [0.29, 0.717) is 11.5 Å². The van der Waals surface area contributed by atoms with Crippen LogP contribution in [0.1, 0.15) is 37.7 Å². The van der Waals surface area contributed by atoms with Gasteiger partial charge in [-0.25, -0.2) is 13.4 Å². The minimum atomic E-state index is -3.32. The van der Waals surface area contributed by atoms with Crippen molar-refractivity contribution in [3.05, 3.63) is 29.8 Å². The Bertz CT molecular complexity index is 811. The zero-order valence-corrected chi connectivity index (χ0v) is 15.5. The molecule has 0 saturated heterocycles. The Morgan fingerprint density at radius 1 is 1.12 bits per heavy atom. The summed E-state index contributed by atoms with van der Waals surface area (Å²) in [5.74, 6) is 0.165. The number of guanidine groups is 2. The molecule has 0 unspecified atom stereocenters. The molecule has 0 aromatic heterocycles. The number of aliphatic hydroxyl groups excluding tert-OH is 1. The van der Waals surface area contributed by atoms with E-state index >= 15 is 0 Å². The fraction of sp³-hybridized carbons (Fsp3) is 0.529. The minimum absolute atomic E-state index is 0.104. The van der Waals surface area contributed by atoms with Gasteiger partial charge >= 0.3 is 0 Å². The number of aliphatic imine (C=N–C) groups is 2. The van der Waals surface area contributed by atoms with E-state index < -0.39 is 15.5 Å². The van der Waals surface area contributed by atoms with Gasteiger partial charge in [-0.05, 0) is 43.4 Å². The predicted octanol–water partition coefficient (Wildman–Crippen LogP) is 0.703. The maximum Gasteiger partial charge on any atom is 0.220 e. The van der Waals surface area contributed by atoms with Crippen LogP contribution in [-0.2, 0) is 15.6 Å². The van der Waals surface area contributed by atoms with Gasteiger partial charge in [0.1, 0.15) is 5.66 Å². The summed E-state index contributed by atoms with van der Waals surface area (Å²) in [7, 11) is -3.32. The molecule has 1 saturated carbocycles. The lowest BCUT2D eigenvalue weighted by Crippen LogP contribution is -2.58. The van der Waals surface area contributed by atoms with Crippen LogP contribution >= 0.6 is 0 Å². The molecule has 0 atom stereocenters. The van der Waals surface area contributed by atoms with Crippen LogP contribution in [0.25, 0.3) is 0 Å². The number of rotatable bonds is 5. The van der Waals surface area contributed by atoms with Crippen LogP contribution < -0.4 is 16.4 Å². The highest BCUT2D eigenvalue weighted by Crippen LogP contribution is 2.39. The molecule has 1 fully saturated rings. The van der Waals surface area contributed by atoms with Gasteiger partial charge in [-0.1, -0.05) is 18.6 Å². The molecule has 8 nitrogen and oxygen atoms in total. The Balaban J connectivity index is 1.88. The normalized spacial score (nSPS) is 20.0. The van der Waals surface area contributed by atoms with E-state index in [1.54, 1.807) is 12.1 Å². The van der Waals surface area contributed by atoms with Crippen molar-refractivity contribution in [3.63, 3.8) is 0 Å². The molecular weight excluding hydrogens is 354 g/mol. The van der Waals surface area contributed by atoms with E-state index in [0.717, 1.165) is 37.8 Å². The van der Waals surface area contributed by atoms with Gasteiger partial charge in [-0.3, -0.25) is 4.90 Å². The standard InChI is InChI=1S/C17H25N5O3S/c18-15-20-16(19)22(17(21-15)8-2-1-3-9-17)14-6-4-13(5-7-14)12-26(24,25)11-10-23/h4-7,23H,1-3,8-12H2,(H4,18,19,20,21). The summed E-state index contributed by atoms with van der Waals surface area (Å²) < 4.78 is 23.8. The van der Waals surface area contributed by atoms with Crippen molar-refractivity contribution in [2.45, 2.75) is 43.5 Å². The highest BCUT2D eigenvalue weighted by atomic mass is 32.2. The molecule has 5 N–H and O–H groups in total. The van der Waals surface area contributed by atoms with E-state index in [4.69, 9.17) is 16.6 Å². The van der Waals surface area contributed by atoms with Crippen molar-refractivity contribution in [2.24, 2.45) is 21.5 Å². The highest BCUT2D eigenvalue weighted by Gasteiger charge is 2.42. The molecule has 142 valence electrons. The molecule has 0 radical (unpaired) electrons. The molecule has 1 spiro atoms. The number of anilines is 1. The van der Waals surface area contributed by atoms with E-state index in [-0.39, 0.29) is 24.1 Å². The van der Waals surface area contributed by atoms with E-state index in [2.05, 4.69) is 9.98 Å². The molecule has 3 rings (SSSR count). The minimum Gasteiger partial charge on any atom is -0.395 e. The summed E-state index contributed by atoms with van der Waals surface area (Å²) in [5, 5.41) is 8.85. The third kappa shape index (κ3) is 3.83. The summed E-state index contributed by atoms with van der Waals surface area (Å²) in [5.41, 5.74) is 13.0. The lowest BCUT2D eigenvalue weighted by molar-refractivity contribution is 0.305. The summed E-state index contributed by atoms with van der Waals surface area (Å²) in [6, 6.07) is 7.19. The molecule has 2 aliphatic rings. The van der Waals surface area contributed by atoms with Crippen molar-refractivity contribution >= 4 is 27.4 Å². The number of benzene rings is 1. The predicted molar refractivity (Wildman–Crippen MR) is 103 cm³/mol. The number of nitrogens with two attached hydrogens (primary N) is 2. The van der Waals surface area contributed by atoms with Gasteiger partial charge in [-0.15, -0.1) is 0 Å². The smallest absolute Gasteiger partial charge is 0.220 e. The maximum atomic E-state index is 11.9. The maximum absolute atomic E-state index is 11.9. The van der Waals surface area contributed by atoms with Crippen molar-refractivity contribution < 1.29 is 13.5 Å². The molecule has 0 amide bonds. The molecule has 26 heavy (non-hydrogen) atoms. The molecule has 1 heterocycles. The monoisotopic (exact) mass is 379 g/mol. The average molecular weight is 379 g/mol. The zero-order valence-electron chi connectivity index (χ0n) is 14.6. The highest BCUT2D eigenvalue weighted by molar-refractivity contribution is 7.90. The summed E-state index contributed by atoms with van der Waals surface area (Å²) >= 11 is 0. The van der Waals surface area contributed by atoms with Gasteiger partial charge in [0.05, 0.1) is 18.1 Å². The van der Waals surface area contributed by atoms with Crippen LogP contribution in [0.5, 0.6) is 0 Å². The first-order valence-electron chi connectivity index (χ1n) is 8.75. The van der Waals surface area contributed by atoms with E-state index in [9.17, 15) is 8.42 Å². The third-order valence-corrected chi connectivity index (χ3v) is 6.41. The first-order chi connectivity index (χ1) is 12.4. The van der Waals surface area contributed by atoms with Crippen LogP contribution in [-0.4, -0.2) is 43.5 Å². The van der Waals surface area contributed by atoms with Gasteiger partial charge in [0.25, 0.3) is 0 Å². The second-order valence-corrected chi connectivity index (χ2v) is 8.98. The third-order valence-electron chi connectivity index (χ3n) is 4.83. The molecule has 1 aliphatic heterocycles. The van der Waals surface area contributed by atoms with Crippen LogP contribution in [0.2, 0.25) is 0 Å². The van der Waals surface area contributed by atoms with Crippen molar-refractivity contribution in [2.75, 3.05) is 17.3 Å². The van der Waals surface area contributed by atoms with Gasteiger partial charge in [0, 0.05) is 5.69 Å². The van der Waals surface area contributed by atoms with Gasteiger partial charge in [0.2, 0.25) is 11.9 Å². The van der Waals surface area contributed by atoms with E-state index in [1.807, 2.05) is 17.0 Å². The number of sulfone groups is 1. The average Bonchev–Trinajstić information content (AvgIpc) is 2.56. The molecule has 9 heteroatoms. The fourth-order valence-corrected chi connectivity index (χ4v) is 4.82. The number of hydrogen-bond acceptors (Lipinski definition) is 8. The van der Waals surface area contributed by atoms with Crippen molar-refractivity contribution in [1.29, 1.82) is 0 Å². The molecule has 1 aliphatic carbocycles. The van der Waals surface area contributed by atoms with Gasteiger partial charge in [-0.2, -0.15) is 4.99 Å². The topological polar surface area (TPSA) is 134 Å². The second kappa shape index (κ2) is 7.24. The summed E-state index contributed by atoms with van der Waals surface area (Å²) in [6.07, 6.45) is 4.92. The largest absolute Gasteiger partial charge is 0.395 e. The first kappa shape index (κ1) is 18.7. The molecule has 0 bridgehead atoms. The zero-order chi connectivity index (χ0) is 18.8. The lowest BCUT2D eigenvalue weighted by Gasteiger charge is -2.45. The molecule has 1 aromatic rings. The van der Waals surface area contributed by atoms with Gasteiger partial charge in [0.15, 0.2) is 9.84 Å².